The number of hydrogen-bond acceptors (Lipinski definition) is 1. The first-order valence-electron chi connectivity index (χ1n) is 5.26. The quantitative estimate of drug-likeness (QED) is 0.750. The number of hydrogen-bond donors (Lipinski definition) is 1. The number of amides is 2. The average molecular weight is 206 g/mol. The van der Waals surface area contributed by atoms with E-state index in [1.807, 2.05) is 55.1 Å². The van der Waals surface area contributed by atoms with Gasteiger partial charge < -0.3 is 10.2 Å². The summed E-state index contributed by atoms with van der Waals surface area (Å²) >= 11 is 0. The number of urea groups is 1. The summed E-state index contributed by atoms with van der Waals surface area (Å²) in [7, 11) is 0. The summed E-state index contributed by atoms with van der Waals surface area (Å²) in [5.41, 5.74) is 0. The van der Waals surface area contributed by atoms with Crippen molar-refractivity contribution in [2.24, 2.45) is 0 Å². The van der Waals surface area contributed by atoms with E-state index >= 15 is 0 Å². The Kier molecular flexibility index (Phi) is 4.68. The van der Waals surface area contributed by atoms with E-state index in [0.29, 0.717) is 6.04 Å². The third-order valence-corrected chi connectivity index (χ3v) is 2.18. The van der Waals surface area contributed by atoms with E-state index in [1.54, 1.807) is 0 Å². The Morgan fingerprint density at radius 2 is 1.60 bits per heavy atom. The SMILES string of the molecule is CC(C)N1CCNC1=O.c1ccccc1. The number of rotatable bonds is 1. The fourth-order valence-electron chi connectivity index (χ4n) is 1.36. The van der Waals surface area contributed by atoms with Crippen LogP contribution in [0.2, 0.25) is 0 Å². The van der Waals surface area contributed by atoms with Crippen LogP contribution >= 0.6 is 0 Å². The second-order valence-corrected chi connectivity index (χ2v) is 3.67. The molecule has 3 nitrogen and oxygen atoms in total. The molecule has 1 fully saturated rings. The van der Waals surface area contributed by atoms with E-state index in [-0.39, 0.29) is 6.03 Å². The predicted octanol–water partition coefficient (Wildman–Crippen LogP) is 2.11. The highest BCUT2D eigenvalue weighted by Gasteiger charge is 2.21. The molecule has 2 amide bonds. The molecule has 0 radical (unpaired) electrons. The van der Waals surface area contributed by atoms with Gasteiger partial charge in [-0.25, -0.2) is 4.79 Å². The number of nitrogens with zero attached hydrogens (tertiary/aromatic N) is 1. The largest absolute Gasteiger partial charge is 0.336 e. The Balaban J connectivity index is 0.000000162. The Hall–Kier alpha value is -1.51. The molecule has 1 aliphatic heterocycles. The lowest BCUT2D eigenvalue weighted by Crippen LogP contribution is -2.33. The van der Waals surface area contributed by atoms with Crippen molar-refractivity contribution in [2.45, 2.75) is 19.9 Å². The molecule has 0 unspecified atom stereocenters. The Morgan fingerprint density at radius 3 is 1.80 bits per heavy atom. The van der Waals surface area contributed by atoms with Crippen molar-refractivity contribution in [3.63, 3.8) is 0 Å². The zero-order valence-corrected chi connectivity index (χ0v) is 9.31. The third kappa shape index (κ3) is 4.02. The lowest BCUT2D eigenvalue weighted by Gasteiger charge is -2.17. The van der Waals surface area contributed by atoms with Crippen LogP contribution in [0.4, 0.5) is 4.79 Å². The summed E-state index contributed by atoms with van der Waals surface area (Å²) in [4.78, 5) is 12.6. The van der Waals surface area contributed by atoms with Crippen LogP contribution in [-0.4, -0.2) is 30.1 Å². The number of benzene rings is 1. The molecule has 0 aliphatic carbocycles. The topological polar surface area (TPSA) is 32.3 Å². The van der Waals surface area contributed by atoms with Gasteiger partial charge in [-0.2, -0.15) is 0 Å². The number of carbonyl (C=O) groups excluding carboxylic acids is 1. The molecule has 1 saturated heterocycles. The average Bonchev–Trinajstić information content (AvgIpc) is 2.68. The number of carbonyl (C=O) groups is 1. The molecular weight excluding hydrogens is 188 g/mol. The van der Waals surface area contributed by atoms with E-state index < -0.39 is 0 Å². The van der Waals surface area contributed by atoms with Gasteiger partial charge in [0, 0.05) is 19.1 Å². The molecule has 1 N–H and O–H groups in total. The van der Waals surface area contributed by atoms with Crippen molar-refractivity contribution in [1.82, 2.24) is 10.2 Å². The van der Waals surface area contributed by atoms with E-state index in [4.69, 9.17) is 0 Å². The Bertz CT molecular complexity index is 258. The fraction of sp³-hybridized carbons (Fsp3) is 0.417. The lowest BCUT2D eigenvalue weighted by molar-refractivity contribution is 0.206. The summed E-state index contributed by atoms with van der Waals surface area (Å²) in [5.74, 6) is 0. The minimum Gasteiger partial charge on any atom is -0.336 e. The molecule has 2 rings (SSSR count). The monoisotopic (exact) mass is 206 g/mol. The van der Waals surface area contributed by atoms with Gasteiger partial charge in [0.25, 0.3) is 0 Å². The van der Waals surface area contributed by atoms with Gasteiger partial charge in [0.05, 0.1) is 0 Å². The molecule has 1 aliphatic rings. The zero-order valence-electron chi connectivity index (χ0n) is 9.31. The van der Waals surface area contributed by atoms with Crippen LogP contribution in [0.1, 0.15) is 13.8 Å². The van der Waals surface area contributed by atoms with Gasteiger partial charge in [0.1, 0.15) is 0 Å². The van der Waals surface area contributed by atoms with Gasteiger partial charge in [-0.15, -0.1) is 0 Å². The smallest absolute Gasteiger partial charge is 0.317 e. The fourth-order valence-corrected chi connectivity index (χ4v) is 1.36. The highest BCUT2D eigenvalue weighted by Crippen LogP contribution is 2.01. The van der Waals surface area contributed by atoms with Gasteiger partial charge in [0.15, 0.2) is 0 Å². The molecule has 3 heteroatoms. The first kappa shape index (κ1) is 11.6. The molecule has 82 valence electrons. The van der Waals surface area contributed by atoms with E-state index in [1.165, 1.54) is 0 Å². The van der Waals surface area contributed by atoms with Crippen molar-refractivity contribution >= 4 is 6.03 Å². The van der Waals surface area contributed by atoms with Crippen LogP contribution in [-0.2, 0) is 0 Å². The molecule has 1 aromatic rings. The first-order valence-corrected chi connectivity index (χ1v) is 5.26. The van der Waals surface area contributed by atoms with Gasteiger partial charge in [-0.3, -0.25) is 0 Å². The van der Waals surface area contributed by atoms with E-state index in [2.05, 4.69) is 5.32 Å². The van der Waals surface area contributed by atoms with Crippen LogP contribution in [0.3, 0.4) is 0 Å². The maximum absolute atomic E-state index is 10.8. The van der Waals surface area contributed by atoms with Gasteiger partial charge in [0.2, 0.25) is 0 Å². The number of nitrogens with one attached hydrogen (secondary N) is 1. The van der Waals surface area contributed by atoms with Crippen molar-refractivity contribution in [2.75, 3.05) is 13.1 Å². The normalized spacial score (nSPS) is 14.6. The van der Waals surface area contributed by atoms with Crippen molar-refractivity contribution in [3.05, 3.63) is 36.4 Å². The zero-order chi connectivity index (χ0) is 11.1. The van der Waals surface area contributed by atoms with Crippen molar-refractivity contribution in [3.8, 4) is 0 Å². The van der Waals surface area contributed by atoms with E-state index in [0.717, 1.165) is 13.1 Å². The summed E-state index contributed by atoms with van der Waals surface area (Å²) in [6.45, 7) is 5.70. The van der Waals surface area contributed by atoms with Crippen molar-refractivity contribution in [1.29, 1.82) is 0 Å². The van der Waals surface area contributed by atoms with Crippen LogP contribution < -0.4 is 5.32 Å². The molecule has 0 bridgehead atoms. The second-order valence-electron chi connectivity index (χ2n) is 3.67. The molecule has 15 heavy (non-hydrogen) atoms. The summed E-state index contributed by atoms with van der Waals surface area (Å²) < 4.78 is 0. The minimum absolute atomic E-state index is 0.0741. The summed E-state index contributed by atoms with van der Waals surface area (Å²) in [6.07, 6.45) is 0. The lowest BCUT2D eigenvalue weighted by atomic mass is 10.3. The summed E-state index contributed by atoms with van der Waals surface area (Å²) in [5, 5.41) is 2.74. The minimum atomic E-state index is 0.0741. The van der Waals surface area contributed by atoms with Crippen LogP contribution in [0, 0.1) is 0 Å². The Labute approximate surface area is 91.1 Å². The van der Waals surface area contributed by atoms with Crippen LogP contribution in [0.25, 0.3) is 0 Å². The standard InChI is InChI=1S/C6H12N2O.C6H6/c1-5(2)8-4-3-7-6(8)9;1-2-4-6-5-3-1/h5H,3-4H2,1-2H3,(H,7,9);1-6H. The van der Waals surface area contributed by atoms with Crippen molar-refractivity contribution < 1.29 is 4.79 Å². The Morgan fingerprint density at radius 1 is 1.13 bits per heavy atom. The summed E-state index contributed by atoms with van der Waals surface area (Å²) in [6, 6.07) is 12.4. The second kappa shape index (κ2) is 6.06. The molecule has 1 aromatic carbocycles. The third-order valence-electron chi connectivity index (χ3n) is 2.18. The molecule has 0 spiro atoms. The maximum atomic E-state index is 10.8. The molecule has 0 saturated carbocycles. The van der Waals surface area contributed by atoms with Gasteiger partial charge >= 0.3 is 6.03 Å². The predicted molar refractivity (Wildman–Crippen MR) is 61.7 cm³/mol. The van der Waals surface area contributed by atoms with Gasteiger partial charge in [-0.1, -0.05) is 36.4 Å². The maximum Gasteiger partial charge on any atom is 0.317 e. The molecule has 0 aromatic heterocycles. The van der Waals surface area contributed by atoms with Crippen LogP contribution in [0.5, 0.6) is 0 Å². The first-order chi connectivity index (χ1) is 7.22. The molecular formula is C12H18N2O. The molecule has 1 heterocycles. The van der Waals surface area contributed by atoms with Gasteiger partial charge in [-0.05, 0) is 13.8 Å². The molecule has 0 atom stereocenters. The van der Waals surface area contributed by atoms with Crippen LogP contribution in [0.15, 0.2) is 36.4 Å². The van der Waals surface area contributed by atoms with E-state index in [9.17, 15) is 4.79 Å². The highest BCUT2D eigenvalue weighted by atomic mass is 16.2. The highest BCUT2D eigenvalue weighted by molar-refractivity contribution is 5.76.